The number of methoxy groups -OCH3 is 2. The van der Waals surface area contributed by atoms with Crippen molar-refractivity contribution in [1.82, 2.24) is 0 Å². The largest absolute Gasteiger partial charge is 0.493 e. The second kappa shape index (κ2) is 6.19. The van der Waals surface area contributed by atoms with Gasteiger partial charge >= 0.3 is 0 Å². The van der Waals surface area contributed by atoms with Gasteiger partial charge in [0.25, 0.3) is 0 Å². The van der Waals surface area contributed by atoms with E-state index in [1.165, 1.54) is 0 Å². The summed E-state index contributed by atoms with van der Waals surface area (Å²) in [6.07, 6.45) is 0.511. The van der Waals surface area contributed by atoms with Crippen LogP contribution in [0.5, 0.6) is 11.5 Å². The average molecular weight is 286 g/mol. The van der Waals surface area contributed by atoms with Crippen molar-refractivity contribution in [2.45, 2.75) is 25.9 Å². The summed E-state index contributed by atoms with van der Waals surface area (Å²) in [5, 5.41) is 10.8. The molecule has 2 aromatic carbocycles. The minimum absolute atomic E-state index is 0.511. The molecule has 0 saturated heterocycles. The topological polar surface area (TPSA) is 38.7 Å². The molecule has 112 valence electrons. The van der Waals surface area contributed by atoms with Crippen molar-refractivity contribution < 1.29 is 14.6 Å². The van der Waals surface area contributed by atoms with E-state index in [-0.39, 0.29) is 0 Å². The Labute approximate surface area is 126 Å². The first kappa shape index (κ1) is 15.4. The van der Waals surface area contributed by atoms with Crippen LogP contribution < -0.4 is 9.47 Å². The van der Waals surface area contributed by atoms with Crippen LogP contribution in [0.2, 0.25) is 0 Å². The average Bonchev–Trinajstić information content (AvgIpc) is 2.46. The van der Waals surface area contributed by atoms with Crippen LogP contribution in [0.15, 0.2) is 42.5 Å². The summed E-state index contributed by atoms with van der Waals surface area (Å²) in [4.78, 5) is 0. The van der Waals surface area contributed by atoms with Crippen LogP contribution in [0.4, 0.5) is 0 Å². The van der Waals surface area contributed by atoms with Crippen molar-refractivity contribution in [1.29, 1.82) is 0 Å². The van der Waals surface area contributed by atoms with Crippen LogP contribution in [-0.2, 0) is 12.0 Å². The monoisotopic (exact) mass is 286 g/mol. The number of ether oxygens (including phenoxy) is 2. The summed E-state index contributed by atoms with van der Waals surface area (Å²) in [6.45, 7) is 3.86. The Kier molecular flexibility index (Phi) is 4.53. The first-order valence-electron chi connectivity index (χ1n) is 6.96. The van der Waals surface area contributed by atoms with E-state index in [4.69, 9.17) is 9.47 Å². The lowest BCUT2D eigenvalue weighted by molar-refractivity contribution is 0.0575. The second-order valence-electron chi connectivity index (χ2n) is 5.51. The van der Waals surface area contributed by atoms with Gasteiger partial charge in [0.15, 0.2) is 11.5 Å². The van der Waals surface area contributed by atoms with Gasteiger partial charge in [-0.1, -0.05) is 35.9 Å². The van der Waals surface area contributed by atoms with E-state index in [2.05, 4.69) is 0 Å². The van der Waals surface area contributed by atoms with Gasteiger partial charge in [0, 0.05) is 6.42 Å². The third kappa shape index (κ3) is 3.56. The van der Waals surface area contributed by atoms with Crippen molar-refractivity contribution in [2.24, 2.45) is 0 Å². The molecular weight excluding hydrogens is 264 g/mol. The molecule has 0 aliphatic heterocycles. The van der Waals surface area contributed by atoms with Gasteiger partial charge in [-0.25, -0.2) is 0 Å². The molecule has 0 saturated carbocycles. The van der Waals surface area contributed by atoms with Gasteiger partial charge in [-0.2, -0.15) is 0 Å². The molecule has 1 N–H and O–H groups in total. The van der Waals surface area contributed by atoms with E-state index in [0.717, 1.165) is 16.7 Å². The number of hydrogen-bond acceptors (Lipinski definition) is 3. The zero-order valence-corrected chi connectivity index (χ0v) is 13.0. The molecule has 3 heteroatoms. The lowest BCUT2D eigenvalue weighted by Crippen LogP contribution is -2.24. The van der Waals surface area contributed by atoms with Crippen LogP contribution >= 0.6 is 0 Å². The molecule has 0 aromatic heterocycles. The number of aryl methyl sites for hydroxylation is 1. The highest BCUT2D eigenvalue weighted by Gasteiger charge is 2.24. The maximum absolute atomic E-state index is 10.8. The Morgan fingerprint density at radius 1 is 1.00 bits per heavy atom. The molecule has 21 heavy (non-hydrogen) atoms. The number of aliphatic hydroxyl groups is 1. The smallest absolute Gasteiger partial charge is 0.160 e. The molecule has 0 fully saturated rings. The zero-order valence-electron chi connectivity index (χ0n) is 13.0. The van der Waals surface area contributed by atoms with Crippen LogP contribution in [0.1, 0.15) is 23.6 Å². The fourth-order valence-electron chi connectivity index (χ4n) is 2.47. The maximum atomic E-state index is 10.8. The Morgan fingerprint density at radius 2 is 1.71 bits per heavy atom. The molecule has 2 aromatic rings. The summed E-state index contributed by atoms with van der Waals surface area (Å²) in [5.41, 5.74) is 2.13. The highest BCUT2D eigenvalue weighted by atomic mass is 16.5. The molecule has 1 atom stereocenters. The highest BCUT2D eigenvalue weighted by molar-refractivity contribution is 5.43. The van der Waals surface area contributed by atoms with Gasteiger partial charge in [-0.3, -0.25) is 0 Å². The van der Waals surface area contributed by atoms with Gasteiger partial charge in [-0.05, 0) is 37.1 Å². The summed E-state index contributed by atoms with van der Waals surface area (Å²) in [6, 6.07) is 13.7. The van der Waals surface area contributed by atoms with Gasteiger partial charge in [-0.15, -0.1) is 0 Å². The van der Waals surface area contributed by atoms with Gasteiger partial charge in [0.1, 0.15) is 0 Å². The normalized spacial score (nSPS) is 13.6. The van der Waals surface area contributed by atoms with E-state index in [9.17, 15) is 5.11 Å². The molecule has 0 aliphatic rings. The van der Waals surface area contributed by atoms with Crippen LogP contribution in [0, 0.1) is 6.92 Å². The SMILES string of the molecule is COc1ccc(CC(C)(O)c2cccc(C)c2)cc1OC. The van der Waals surface area contributed by atoms with Crippen molar-refractivity contribution in [3.63, 3.8) is 0 Å². The molecule has 2 rings (SSSR count). The fraction of sp³-hybridized carbons (Fsp3) is 0.333. The zero-order chi connectivity index (χ0) is 15.5. The Hall–Kier alpha value is -2.00. The first-order chi connectivity index (χ1) is 9.96. The molecule has 3 nitrogen and oxygen atoms in total. The predicted octanol–water partition coefficient (Wildman–Crippen LogP) is 3.46. The van der Waals surface area contributed by atoms with Crippen LogP contribution in [-0.4, -0.2) is 19.3 Å². The van der Waals surface area contributed by atoms with Crippen molar-refractivity contribution in [3.8, 4) is 11.5 Å². The predicted molar refractivity (Wildman–Crippen MR) is 84.0 cm³/mol. The molecule has 1 unspecified atom stereocenters. The van der Waals surface area contributed by atoms with E-state index in [1.54, 1.807) is 14.2 Å². The van der Waals surface area contributed by atoms with E-state index < -0.39 is 5.60 Å². The van der Waals surface area contributed by atoms with Crippen molar-refractivity contribution in [3.05, 3.63) is 59.2 Å². The van der Waals surface area contributed by atoms with Crippen LogP contribution in [0.25, 0.3) is 0 Å². The summed E-state index contributed by atoms with van der Waals surface area (Å²) in [7, 11) is 3.22. The standard InChI is InChI=1S/C18H22O3/c1-13-6-5-7-15(10-13)18(2,19)12-14-8-9-16(20-3)17(11-14)21-4/h5-11,19H,12H2,1-4H3. The van der Waals surface area contributed by atoms with Gasteiger partial charge in [0.05, 0.1) is 19.8 Å². The molecule has 0 aliphatic carbocycles. The number of hydrogen-bond donors (Lipinski definition) is 1. The third-order valence-electron chi connectivity index (χ3n) is 3.64. The second-order valence-corrected chi connectivity index (χ2v) is 5.51. The molecule has 0 amide bonds. The first-order valence-corrected chi connectivity index (χ1v) is 6.96. The Bertz CT molecular complexity index is 618. The minimum Gasteiger partial charge on any atom is -0.493 e. The molecule has 0 spiro atoms. The molecular formula is C18H22O3. The Balaban J connectivity index is 2.28. The number of benzene rings is 2. The molecule has 0 heterocycles. The Morgan fingerprint density at radius 3 is 2.33 bits per heavy atom. The van der Waals surface area contributed by atoms with E-state index in [1.807, 2.05) is 56.3 Å². The lowest BCUT2D eigenvalue weighted by atomic mass is 9.88. The third-order valence-corrected chi connectivity index (χ3v) is 3.64. The summed E-state index contributed by atoms with van der Waals surface area (Å²) in [5.74, 6) is 1.37. The van der Waals surface area contributed by atoms with Gasteiger partial charge in [0.2, 0.25) is 0 Å². The highest BCUT2D eigenvalue weighted by Crippen LogP contribution is 2.31. The fourth-order valence-corrected chi connectivity index (χ4v) is 2.47. The molecule has 0 bridgehead atoms. The van der Waals surface area contributed by atoms with Crippen molar-refractivity contribution >= 4 is 0 Å². The number of rotatable bonds is 5. The van der Waals surface area contributed by atoms with Crippen molar-refractivity contribution in [2.75, 3.05) is 14.2 Å². The maximum Gasteiger partial charge on any atom is 0.160 e. The lowest BCUT2D eigenvalue weighted by Gasteiger charge is -2.25. The van der Waals surface area contributed by atoms with E-state index >= 15 is 0 Å². The van der Waals surface area contributed by atoms with E-state index in [0.29, 0.717) is 17.9 Å². The quantitative estimate of drug-likeness (QED) is 0.914. The van der Waals surface area contributed by atoms with Crippen LogP contribution in [0.3, 0.4) is 0 Å². The summed E-state index contributed by atoms with van der Waals surface area (Å²) >= 11 is 0. The summed E-state index contributed by atoms with van der Waals surface area (Å²) < 4.78 is 10.5. The van der Waals surface area contributed by atoms with Gasteiger partial charge < -0.3 is 14.6 Å². The molecule has 0 radical (unpaired) electrons. The minimum atomic E-state index is -0.925.